The molecule has 16 heavy (non-hydrogen) atoms. The van der Waals surface area contributed by atoms with Crippen molar-refractivity contribution in [3.05, 3.63) is 11.9 Å². The molecule has 0 aliphatic carbocycles. The van der Waals surface area contributed by atoms with Gasteiger partial charge in [-0.05, 0) is 20.8 Å². The number of hydrogen-bond donors (Lipinski definition) is 2. The van der Waals surface area contributed by atoms with Crippen molar-refractivity contribution in [2.75, 3.05) is 24.8 Å². The maximum Gasteiger partial charge on any atom is 0.158 e. The van der Waals surface area contributed by atoms with E-state index in [2.05, 4.69) is 41.4 Å². The molecule has 1 rings (SSSR count). The van der Waals surface area contributed by atoms with Crippen LogP contribution in [0.3, 0.4) is 0 Å². The monoisotopic (exact) mass is 224 g/mol. The van der Waals surface area contributed by atoms with Crippen molar-refractivity contribution in [1.29, 1.82) is 0 Å². The molecule has 0 aliphatic rings. The number of hydrogen-bond acceptors (Lipinski definition) is 5. The van der Waals surface area contributed by atoms with E-state index in [-0.39, 0.29) is 5.54 Å². The standard InChI is InChI=1S/C11H20N4O/c1-11(2,3)15-9-6-8(12-4)13-10(14-9)7-16-5/h6H,7H2,1-5H3,(H2,12,13,14,15). The topological polar surface area (TPSA) is 59.1 Å². The SMILES string of the molecule is CNc1cc(NC(C)(C)C)nc(COC)n1. The van der Waals surface area contributed by atoms with E-state index in [0.717, 1.165) is 11.6 Å². The van der Waals surface area contributed by atoms with Crippen LogP contribution in [0.15, 0.2) is 6.07 Å². The van der Waals surface area contributed by atoms with Gasteiger partial charge in [-0.25, -0.2) is 9.97 Å². The summed E-state index contributed by atoms with van der Waals surface area (Å²) in [5, 5.41) is 6.31. The van der Waals surface area contributed by atoms with Crippen LogP contribution in [-0.4, -0.2) is 29.7 Å². The predicted octanol–water partition coefficient (Wildman–Crippen LogP) is 1.88. The summed E-state index contributed by atoms with van der Waals surface area (Å²) in [5.41, 5.74) is -0.0241. The summed E-state index contributed by atoms with van der Waals surface area (Å²) in [7, 11) is 3.46. The molecule has 1 heterocycles. The van der Waals surface area contributed by atoms with Gasteiger partial charge in [0.15, 0.2) is 5.82 Å². The van der Waals surface area contributed by atoms with Gasteiger partial charge in [-0.1, -0.05) is 0 Å². The van der Waals surface area contributed by atoms with Crippen molar-refractivity contribution in [3.8, 4) is 0 Å². The van der Waals surface area contributed by atoms with E-state index in [1.165, 1.54) is 0 Å². The fraction of sp³-hybridized carbons (Fsp3) is 0.636. The lowest BCUT2D eigenvalue weighted by Crippen LogP contribution is -2.27. The van der Waals surface area contributed by atoms with Gasteiger partial charge in [0.1, 0.15) is 18.2 Å². The van der Waals surface area contributed by atoms with Crippen molar-refractivity contribution in [3.63, 3.8) is 0 Å². The highest BCUT2D eigenvalue weighted by Crippen LogP contribution is 2.16. The second kappa shape index (κ2) is 5.12. The first-order chi connectivity index (χ1) is 7.44. The first-order valence-corrected chi connectivity index (χ1v) is 5.27. The summed E-state index contributed by atoms with van der Waals surface area (Å²) < 4.78 is 5.03. The van der Waals surface area contributed by atoms with Gasteiger partial charge in [-0.2, -0.15) is 0 Å². The molecule has 0 spiro atoms. The average molecular weight is 224 g/mol. The number of ether oxygens (including phenoxy) is 1. The highest BCUT2D eigenvalue weighted by Gasteiger charge is 2.12. The van der Waals surface area contributed by atoms with Crippen LogP contribution < -0.4 is 10.6 Å². The Labute approximate surface area is 96.6 Å². The first-order valence-electron chi connectivity index (χ1n) is 5.27. The smallest absolute Gasteiger partial charge is 0.158 e. The molecule has 2 N–H and O–H groups in total. The number of aromatic nitrogens is 2. The van der Waals surface area contributed by atoms with Crippen LogP contribution in [0.25, 0.3) is 0 Å². The largest absolute Gasteiger partial charge is 0.377 e. The lowest BCUT2D eigenvalue weighted by molar-refractivity contribution is 0.178. The summed E-state index contributed by atoms with van der Waals surface area (Å²) in [6.07, 6.45) is 0. The van der Waals surface area contributed by atoms with E-state index in [1.807, 2.05) is 13.1 Å². The molecule has 0 unspecified atom stereocenters. The predicted molar refractivity (Wildman–Crippen MR) is 65.7 cm³/mol. The Kier molecular flexibility index (Phi) is 4.06. The quantitative estimate of drug-likeness (QED) is 0.817. The highest BCUT2D eigenvalue weighted by atomic mass is 16.5. The Bertz CT molecular complexity index is 346. The van der Waals surface area contributed by atoms with Crippen LogP contribution >= 0.6 is 0 Å². The third-order valence-electron chi connectivity index (χ3n) is 1.81. The van der Waals surface area contributed by atoms with Crippen LogP contribution in [0.1, 0.15) is 26.6 Å². The average Bonchev–Trinajstić information content (AvgIpc) is 2.15. The normalized spacial score (nSPS) is 11.3. The van der Waals surface area contributed by atoms with Crippen molar-refractivity contribution in [2.24, 2.45) is 0 Å². The van der Waals surface area contributed by atoms with E-state index in [0.29, 0.717) is 12.4 Å². The zero-order valence-electron chi connectivity index (χ0n) is 10.6. The molecular weight excluding hydrogens is 204 g/mol. The van der Waals surface area contributed by atoms with Crippen LogP contribution in [0.4, 0.5) is 11.6 Å². The molecule has 0 saturated heterocycles. The fourth-order valence-corrected chi connectivity index (χ4v) is 1.27. The molecule has 0 saturated carbocycles. The number of nitrogens with zero attached hydrogens (tertiary/aromatic N) is 2. The zero-order valence-corrected chi connectivity index (χ0v) is 10.6. The molecule has 1 aromatic rings. The van der Waals surface area contributed by atoms with Gasteiger partial charge in [0, 0.05) is 25.8 Å². The van der Waals surface area contributed by atoms with E-state index < -0.39 is 0 Å². The molecule has 5 heteroatoms. The molecule has 1 aromatic heterocycles. The van der Waals surface area contributed by atoms with Crippen LogP contribution in [0.5, 0.6) is 0 Å². The Hall–Kier alpha value is -1.36. The summed E-state index contributed by atoms with van der Waals surface area (Å²) in [6.45, 7) is 6.67. The van der Waals surface area contributed by atoms with Gasteiger partial charge >= 0.3 is 0 Å². The van der Waals surface area contributed by atoms with Gasteiger partial charge in [0.25, 0.3) is 0 Å². The Morgan fingerprint density at radius 3 is 2.38 bits per heavy atom. The number of rotatable bonds is 4. The number of methoxy groups -OCH3 is 1. The van der Waals surface area contributed by atoms with Crippen LogP contribution in [0.2, 0.25) is 0 Å². The van der Waals surface area contributed by atoms with E-state index >= 15 is 0 Å². The van der Waals surface area contributed by atoms with Crippen LogP contribution in [0, 0.1) is 0 Å². The molecule has 0 bridgehead atoms. The van der Waals surface area contributed by atoms with Gasteiger partial charge < -0.3 is 15.4 Å². The summed E-state index contributed by atoms with van der Waals surface area (Å²) in [5.74, 6) is 2.26. The third kappa shape index (κ3) is 4.02. The molecule has 0 atom stereocenters. The minimum atomic E-state index is -0.0241. The Balaban J connectivity index is 2.95. The van der Waals surface area contributed by atoms with Gasteiger partial charge in [0.05, 0.1) is 0 Å². The second-order valence-electron chi connectivity index (χ2n) is 4.61. The minimum absolute atomic E-state index is 0.0241. The lowest BCUT2D eigenvalue weighted by atomic mass is 10.1. The fourth-order valence-electron chi connectivity index (χ4n) is 1.27. The number of anilines is 2. The zero-order chi connectivity index (χ0) is 12.2. The maximum atomic E-state index is 5.03. The minimum Gasteiger partial charge on any atom is -0.377 e. The molecule has 0 amide bonds. The maximum absolute atomic E-state index is 5.03. The Morgan fingerprint density at radius 1 is 1.25 bits per heavy atom. The number of nitrogens with one attached hydrogen (secondary N) is 2. The first kappa shape index (κ1) is 12.7. The van der Waals surface area contributed by atoms with Crippen molar-refractivity contribution in [2.45, 2.75) is 32.9 Å². The van der Waals surface area contributed by atoms with Crippen molar-refractivity contribution in [1.82, 2.24) is 9.97 Å². The molecule has 90 valence electrons. The van der Waals surface area contributed by atoms with Crippen LogP contribution in [-0.2, 0) is 11.3 Å². The summed E-state index contributed by atoms with van der Waals surface area (Å²) in [6, 6.07) is 1.88. The molecule has 0 aliphatic heterocycles. The third-order valence-corrected chi connectivity index (χ3v) is 1.81. The van der Waals surface area contributed by atoms with E-state index in [1.54, 1.807) is 7.11 Å². The van der Waals surface area contributed by atoms with Crippen molar-refractivity contribution < 1.29 is 4.74 Å². The molecular formula is C11H20N4O. The molecule has 0 radical (unpaired) electrons. The summed E-state index contributed by atoms with van der Waals surface area (Å²) >= 11 is 0. The lowest BCUT2D eigenvalue weighted by Gasteiger charge is -2.21. The van der Waals surface area contributed by atoms with Crippen molar-refractivity contribution >= 4 is 11.6 Å². The van der Waals surface area contributed by atoms with E-state index in [9.17, 15) is 0 Å². The van der Waals surface area contributed by atoms with E-state index in [4.69, 9.17) is 4.74 Å². The molecule has 5 nitrogen and oxygen atoms in total. The highest BCUT2D eigenvalue weighted by molar-refractivity contribution is 5.48. The van der Waals surface area contributed by atoms with Gasteiger partial charge in [0.2, 0.25) is 0 Å². The van der Waals surface area contributed by atoms with Gasteiger partial charge in [-0.15, -0.1) is 0 Å². The second-order valence-corrected chi connectivity index (χ2v) is 4.61. The molecule has 0 fully saturated rings. The summed E-state index contributed by atoms with van der Waals surface area (Å²) in [4.78, 5) is 8.65. The van der Waals surface area contributed by atoms with Gasteiger partial charge in [-0.3, -0.25) is 0 Å². The molecule has 0 aromatic carbocycles. The Morgan fingerprint density at radius 2 is 1.88 bits per heavy atom.